The third kappa shape index (κ3) is 8.01. The molecule has 2 amide bonds. The molecule has 182 valence electrons. The van der Waals surface area contributed by atoms with Crippen LogP contribution in [-0.4, -0.2) is 42.2 Å². The normalized spacial score (nSPS) is 13.4. The van der Waals surface area contributed by atoms with Crippen LogP contribution >= 0.6 is 0 Å². The van der Waals surface area contributed by atoms with Crippen LogP contribution in [0.2, 0.25) is 0 Å². The first-order valence-corrected chi connectivity index (χ1v) is 12.5. The lowest BCUT2D eigenvalue weighted by Crippen LogP contribution is -2.35. The number of nitrogens with one attached hydrogen (secondary N) is 1. The molecule has 1 aliphatic heterocycles. The highest BCUT2D eigenvalue weighted by molar-refractivity contribution is 5.98. The Hall–Kier alpha value is -3.15. The van der Waals surface area contributed by atoms with Crippen molar-refractivity contribution in [1.82, 2.24) is 10.2 Å². The molecule has 6 nitrogen and oxygen atoms in total. The number of amides is 2. The summed E-state index contributed by atoms with van der Waals surface area (Å²) in [5.41, 5.74) is 2.11. The van der Waals surface area contributed by atoms with Crippen LogP contribution in [0, 0.1) is 0 Å². The minimum absolute atomic E-state index is 0.0517. The zero-order chi connectivity index (χ0) is 24.2. The highest BCUT2D eigenvalue weighted by Gasteiger charge is 2.18. The molecule has 1 fully saturated rings. The number of piperidine rings is 1. The summed E-state index contributed by atoms with van der Waals surface area (Å²) in [5, 5.41) is 2.86. The topological polar surface area (TPSA) is 75.7 Å². The van der Waals surface area contributed by atoms with Gasteiger partial charge in [-0.3, -0.25) is 14.4 Å². The van der Waals surface area contributed by atoms with E-state index in [4.69, 9.17) is 4.74 Å². The number of likely N-dealkylation sites (tertiary alicyclic amines) is 1. The van der Waals surface area contributed by atoms with Crippen molar-refractivity contribution >= 4 is 17.6 Å². The molecule has 34 heavy (non-hydrogen) atoms. The number of ether oxygens (including phenoxy) is 1. The van der Waals surface area contributed by atoms with E-state index in [1.807, 2.05) is 29.2 Å². The van der Waals surface area contributed by atoms with E-state index in [1.54, 1.807) is 24.3 Å². The van der Waals surface area contributed by atoms with E-state index >= 15 is 0 Å². The molecule has 1 heterocycles. The Bertz CT molecular complexity index is 949. The minimum atomic E-state index is -0.183. The van der Waals surface area contributed by atoms with Crippen molar-refractivity contribution in [3.05, 3.63) is 65.2 Å². The summed E-state index contributed by atoms with van der Waals surface area (Å²) < 4.78 is 5.67. The SMILES string of the molecule is CCCCCOc1ccc(C(=O)CCC(=O)NCc2cccc(C(=O)N3CCCCC3)c2)cc1. The minimum Gasteiger partial charge on any atom is -0.494 e. The van der Waals surface area contributed by atoms with Crippen molar-refractivity contribution in [1.29, 1.82) is 0 Å². The molecule has 3 rings (SSSR count). The third-order valence-electron chi connectivity index (χ3n) is 6.08. The molecular weight excluding hydrogens is 428 g/mol. The van der Waals surface area contributed by atoms with E-state index in [0.29, 0.717) is 24.3 Å². The van der Waals surface area contributed by atoms with Gasteiger partial charge in [0.25, 0.3) is 5.91 Å². The molecule has 6 heteroatoms. The molecule has 0 saturated carbocycles. The molecule has 0 atom stereocenters. The third-order valence-corrected chi connectivity index (χ3v) is 6.08. The van der Waals surface area contributed by atoms with E-state index in [2.05, 4.69) is 12.2 Å². The molecule has 0 bridgehead atoms. The summed E-state index contributed by atoms with van der Waals surface area (Å²) in [6.07, 6.45) is 6.86. The van der Waals surface area contributed by atoms with Gasteiger partial charge in [-0.2, -0.15) is 0 Å². The Morgan fingerprint density at radius 2 is 1.68 bits per heavy atom. The van der Waals surface area contributed by atoms with Crippen LogP contribution in [-0.2, 0) is 11.3 Å². The molecule has 1 N–H and O–H groups in total. The van der Waals surface area contributed by atoms with Crippen LogP contribution in [0.25, 0.3) is 0 Å². The molecule has 0 unspecified atom stereocenters. The quantitative estimate of drug-likeness (QED) is 0.348. The van der Waals surface area contributed by atoms with E-state index in [1.165, 1.54) is 6.42 Å². The van der Waals surface area contributed by atoms with Crippen LogP contribution in [0.15, 0.2) is 48.5 Å². The fourth-order valence-corrected chi connectivity index (χ4v) is 4.03. The zero-order valence-corrected chi connectivity index (χ0v) is 20.2. The number of ketones is 1. The van der Waals surface area contributed by atoms with Gasteiger partial charge >= 0.3 is 0 Å². The Morgan fingerprint density at radius 3 is 2.41 bits per heavy atom. The fraction of sp³-hybridized carbons (Fsp3) is 0.464. The van der Waals surface area contributed by atoms with Crippen LogP contribution in [0.4, 0.5) is 0 Å². The first kappa shape index (κ1) is 25.5. The number of unbranched alkanes of at least 4 members (excludes halogenated alkanes) is 2. The van der Waals surface area contributed by atoms with Gasteiger partial charge in [0.15, 0.2) is 5.78 Å². The van der Waals surface area contributed by atoms with E-state index in [0.717, 1.165) is 56.5 Å². The number of hydrogen-bond acceptors (Lipinski definition) is 4. The molecule has 0 spiro atoms. The van der Waals surface area contributed by atoms with Crippen molar-refractivity contribution in [2.75, 3.05) is 19.7 Å². The Balaban J connectivity index is 1.41. The van der Waals surface area contributed by atoms with Gasteiger partial charge in [0, 0.05) is 43.6 Å². The number of hydrogen-bond donors (Lipinski definition) is 1. The number of carbonyl (C=O) groups excluding carboxylic acids is 3. The molecule has 2 aromatic rings. The van der Waals surface area contributed by atoms with Gasteiger partial charge in [-0.1, -0.05) is 31.9 Å². The number of benzene rings is 2. The molecule has 1 aliphatic rings. The lowest BCUT2D eigenvalue weighted by molar-refractivity contribution is -0.121. The molecule has 0 aliphatic carbocycles. The lowest BCUT2D eigenvalue weighted by Gasteiger charge is -2.26. The van der Waals surface area contributed by atoms with Crippen molar-refractivity contribution in [2.45, 2.75) is 64.8 Å². The first-order valence-electron chi connectivity index (χ1n) is 12.5. The summed E-state index contributed by atoms with van der Waals surface area (Å²) in [7, 11) is 0. The summed E-state index contributed by atoms with van der Waals surface area (Å²) in [4.78, 5) is 39.3. The monoisotopic (exact) mass is 464 g/mol. The van der Waals surface area contributed by atoms with Gasteiger partial charge in [-0.25, -0.2) is 0 Å². The maximum Gasteiger partial charge on any atom is 0.253 e. The summed E-state index contributed by atoms with van der Waals surface area (Å²) in [6.45, 7) is 4.78. The van der Waals surface area contributed by atoms with E-state index in [-0.39, 0.29) is 30.4 Å². The van der Waals surface area contributed by atoms with Crippen molar-refractivity contribution in [3.8, 4) is 5.75 Å². The van der Waals surface area contributed by atoms with Crippen molar-refractivity contribution < 1.29 is 19.1 Å². The Kier molecular flexibility index (Phi) is 10.1. The average molecular weight is 465 g/mol. The number of carbonyl (C=O) groups is 3. The highest BCUT2D eigenvalue weighted by Crippen LogP contribution is 2.16. The molecule has 2 aromatic carbocycles. The van der Waals surface area contributed by atoms with Gasteiger partial charge in [0.2, 0.25) is 5.91 Å². The lowest BCUT2D eigenvalue weighted by atomic mass is 10.1. The largest absolute Gasteiger partial charge is 0.494 e. The van der Waals surface area contributed by atoms with Crippen LogP contribution < -0.4 is 10.1 Å². The average Bonchev–Trinajstić information content (AvgIpc) is 2.89. The molecule has 1 saturated heterocycles. The van der Waals surface area contributed by atoms with Crippen molar-refractivity contribution in [2.24, 2.45) is 0 Å². The Labute approximate surface area is 202 Å². The predicted octanol–water partition coefficient (Wildman–Crippen LogP) is 5.16. The van der Waals surface area contributed by atoms with Gasteiger partial charge in [-0.05, 0) is 67.6 Å². The second-order valence-electron chi connectivity index (χ2n) is 8.83. The highest BCUT2D eigenvalue weighted by atomic mass is 16.5. The van der Waals surface area contributed by atoms with Crippen LogP contribution in [0.5, 0.6) is 5.75 Å². The second kappa shape index (κ2) is 13.5. The van der Waals surface area contributed by atoms with Crippen LogP contribution in [0.1, 0.15) is 84.6 Å². The molecule has 0 radical (unpaired) electrons. The van der Waals surface area contributed by atoms with Gasteiger partial charge in [0.05, 0.1) is 6.61 Å². The zero-order valence-electron chi connectivity index (χ0n) is 20.2. The summed E-state index contributed by atoms with van der Waals surface area (Å²) in [6, 6.07) is 14.5. The van der Waals surface area contributed by atoms with Crippen LogP contribution in [0.3, 0.4) is 0 Å². The molecule has 0 aromatic heterocycles. The number of Topliss-reactive ketones (excluding diaryl/α,β-unsaturated/α-hetero) is 1. The van der Waals surface area contributed by atoms with Gasteiger partial charge in [-0.15, -0.1) is 0 Å². The maximum atomic E-state index is 12.7. The fourth-order valence-electron chi connectivity index (χ4n) is 4.03. The Morgan fingerprint density at radius 1 is 0.912 bits per heavy atom. The number of rotatable bonds is 12. The number of nitrogens with zero attached hydrogens (tertiary/aromatic N) is 1. The van der Waals surface area contributed by atoms with Gasteiger partial charge < -0.3 is 15.0 Å². The van der Waals surface area contributed by atoms with Crippen molar-refractivity contribution in [3.63, 3.8) is 0 Å². The summed E-state index contributed by atoms with van der Waals surface area (Å²) in [5.74, 6) is 0.557. The summed E-state index contributed by atoms with van der Waals surface area (Å²) >= 11 is 0. The van der Waals surface area contributed by atoms with E-state index in [9.17, 15) is 14.4 Å². The predicted molar refractivity (Wildman–Crippen MR) is 133 cm³/mol. The standard InChI is InChI=1S/C28H36N2O4/c1-2-3-7-19-34-25-13-11-23(12-14-25)26(31)15-16-27(32)29-21-22-9-8-10-24(20-22)28(33)30-17-5-4-6-18-30/h8-14,20H,2-7,15-19,21H2,1H3,(H,29,32). The van der Waals surface area contributed by atoms with E-state index < -0.39 is 0 Å². The molecular formula is C28H36N2O4. The maximum absolute atomic E-state index is 12.7. The van der Waals surface area contributed by atoms with Gasteiger partial charge in [0.1, 0.15) is 5.75 Å². The first-order chi connectivity index (χ1) is 16.6. The second-order valence-corrected chi connectivity index (χ2v) is 8.83. The smallest absolute Gasteiger partial charge is 0.253 e.